The molecule has 0 unspecified atom stereocenters. The summed E-state index contributed by atoms with van der Waals surface area (Å²) in [5.41, 5.74) is 1.92. The van der Waals surface area contributed by atoms with Gasteiger partial charge in [-0.1, -0.05) is 12.8 Å². The van der Waals surface area contributed by atoms with E-state index in [1.807, 2.05) is 31.7 Å². The van der Waals surface area contributed by atoms with Crippen molar-refractivity contribution in [2.75, 3.05) is 31.1 Å². The molecule has 0 amide bonds. The first kappa shape index (κ1) is 16.5. The van der Waals surface area contributed by atoms with E-state index in [9.17, 15) is 5.11 Å². The molecule has 4 rings (SSSR count). The van der Waals surface area contributed by atoms with Gasteiger partial charge in [-0.2, -0.15) is 5.10 Å². The summed E-state index contributed by atoms with van der Waals surface area (Å²) in [4.78, 5) is 13.9. The highest BCUT2D eigenvalue weighted by atomic mass is 16.3. The second-order valence-corrected chi connectivity index (χ2v) is 7.09. The molecule has 2 aromatic rings. The van der Waals surface area contributed by atoms with Crippen LogP contribution in [0.5, 0.6) is 0 Å². The van der Waals surface area contributed by atoms with E-state index in [1.165, 1.54) is 6.42 Å². The number of rotatable bonds is 3. The first-order valence-electron chi connectivity index (χ1n) is 9.20. The predicted octanol–water partition coefficient (Wildman–Crippen LogP) is 1.30. The highest BCUT2D eigenvalue weighted by Gasteiger charge is 2.31. The van der Waals surface area contributed by atoms with E-state index in [0.29, 0.717) is 6.04 Å². The molecule has 2 aromatic heterocycles. The van der Waals surface area contributed by atoms with Gasteiger partial charge in [0.15, 0.2) is 0 Å². The fraction of sp³-hybridized carbons (Fsp3) is 0.611. The predicted molar refractivity (Wildman–Crippen MR) is 96.3 cm³/mol. The Labute approximate surface area is 148 Å². The van der Waals surface area contributed by atoms with E-state index >= 15 is 0 Å². The number of aliphatic hydroxyl groups is 1. The number of hydrogen-bond acceptors (Lipinski definition) is 6. The van der Waals surface area contributed by atoms with Crippen molar-refractivity contribution < 1.29 is 5.11 Å². The summed E-state index contributed by atoms with van der Waals surface area (Å²) in [5.74, 6) is 0.783. The fourth-order valence-corrected chi connectivity index (χ4v) is 3.99. The van der Waals surface area contributed by atoms with Crippen LogP contribution >= 0.6 is 0 Å². The number of nitrogens with zero attached hydrogens (tertiary/aromatic N) is 6. The van der Waals surface area contributed by atoms with Gasteiger partial charge < -0.3 is 10.0 Å². The average molecular weight is 342 g/mol. The van der Waals surface area contributed by atoms with Gasteiger partial charge in [0.2, 0.25) is 5.95 Å². The highest BCUT2D eigenvalue weighted by Crippen LogP contribution is 2.25. The molecule has 0 bridgehead atoms. The van der Waals surface area contributed by atoms with E-state index < -0.39 is 0 Å². The van der Waals surface area contributed by atoms with Crippen LogP contribution in [0.4, 0.5) is 5.95 Å². The molecule has 7 nitrogen and oxygen atoms in total. The van der Waals surface area contributed by atoms with Crippen LogP contribution in [0.15, 0.2) is 24.7 Å². The number of anilines is 1. The molecule has 134 valence electrons. The SMILES string of the molecule is Cn1cc(-c2ccnc(N3CCN([C@@H]4CCCC[C@H]4O)CC3)n2)cn1. The quantitative estimate of drug-likeness (QED) is 0.907. The van der Waals surface area contributed by atoms with Crippen LogP contribution in [-0.4, -0.2) is 68.1 Å². The Hall–Kier alpha value is -1.99. The summed E-state index contributed by atoms with van der Waals surface area (Å²) in [7, 11) is 1.91. The third-order valence-corrected chi connectivity index (χ3v) is 5.40. The Balaban J connectivity index is 1.42. The molecule has 2 fully saturated rings. The zero-order chi connectivity index (χ0) is 17.2. The topological polar surface area (TPSA) is 70.3 Å². The van der Waals surface area contributed by atoms with E-state index in [1.54, 1.807) is 4.68 Å². The van der Waals surface area contributed by atoms with Crippen LogP contribution in [0.25, 0.3) is 11.3 Å². The van der Waals surface area contributed by atoms with E-state index in [-0.39, 0.29) is 6.10 Å². The van der Waals surface area contributed by atoms with Gasteiger partial charge in [0.25, 0.3) is 0 Å². The minimum Gasteiger partial charge on any atom is -0.391 e. The highest BCUT2D eigenvalue weighted by molar-refractivity contribution is 5.58. The van der Waals surface area contributed by atoms with Crippen LogP contribution in [0, 0.1) is 0 Å². The molecule has 25 heavy (non-hydrogen) atoms. The fourth-order valence-electron chi connectivity index (χ4n) is 3.99. The lowest BCUT2D eigenvalue weighted by Gasteiger charge is -2.42. The maximum absolute atomic E-state index is 10.3. The third-order valence-electron chi connectivity index (χ3n) is 5.40. The van der Waals surface area contributed by atoms with Gasteiger partial charge in [-0.25, -0.2) is 9.97 Å². The summed E-state index contributed by atoms with van der Waals surface area (Å²) in [6.07, 6.45) is 9.91. The minimum absolute atomic E-state index is 0.162. The van der Waals surface area contributed by atoms with Gasteiger partial charge in [0.05, 0.1) is 18.0 Å². The Morgan fingerprint density at radius 1 is 1.12 bits per heavy atom. The smallest absolute Gasteiger partial charge is 0.225 e. The van der Waals surface area contributed by atoms with Crippen molar-refractivity contribution in [1.82, 2.24) is 24.6 Å². The Morgan fingerprint density at radius 2 is 1.92 bits per heavy atom. The largest absolute Gasteiger partial charge is 0.391 e. The molecular formula is C18H26N6O. The van der Waals surface area contributed by atoms with Gasteiger partial charge in [-0.15, -0.1) is 0 Å². The van der Waals surface area contributed by atoms with Crippen LogP contribution in [0.1, 0.15) is 25.7 Å². The maximum Gasteiger partial charge on any atom is 0.225 e. The number of aliphatic hydroxyl groups excluding tert-OH is 1. The minimum atomic E-state index is -0.162. The molecule has 0 aromatic carbocycles. The number of hydrogen-bond donors (Lipinski definition) is 1. The monoisotopic (exact) mass is 342 g/mol. The summed E-state index contributed by atoms with van der Waals surface area (Å²) in [5, 5.41) is 14.5. The standard InChI is InChI=1S/C18H26N6O/c1-22-13-14(12-20-22)15-6-7-19-18(21-15)24-10-8-23(9-11-24)16-4-2-3-5-17(16)25/h6-7,12-13,16-17,25H,2-5,8-11H2,1H3/t16-,17-/m1/s1. The van der Waals surface area contributed by atoms with Gasteiger partial charge in [0.1, 0.15) is 0 Å². The Morgan fingerprint density at radius 3 is 2.64 bits per heavy atom. The summed E-state index contributed by atoms with van der Waals surface area (Å²) in [6, 6.07) is 2.26. The van der Waals surface area contributed by atoms with E-state index in [4.69, 9.17) is 4.98 Å². The van der Waals surface area contributed by atoms with Gasteiger partial charge in [-0.05, 0) is 18.9 Å². The second kappa shape index (κ2) is 7.09. The molecule has 7 heteroatoms. The van der Waals surface area contributed by atoms with Crippen LogP contribution in [-0.2, 0) is 7.05 Å². The lowest BCUT2D eigenvalue weighted by Crippen LogP contribution is -2.54. The first-order chi connectivity index (χ1) is 12.2. The molecule has 1 saturated heterocycles. The third kappa shape index (κ3) is 3.52. The summed E-state index contributed by atoms with van der Waals surface area (Å²) in [6.45, 7) is 3.73. The zero-order valence-electron chi connectivity index (χ0n) is 14.8. The van der Waals surface area contributed by atoms with Crippen molar-refractivity contribution >= 4 is 5.95 Å². The molecular weight excluding hydrogens is 316 g/mol. The van der Waals surface area contributed by atoms with Crippen LogP contribution in [0.2, 0.25) is 0 Å². The number of aromatic nitrogens is 4. The maximum atomic E-state index is 10.3. The molecule has 2 atom stereocenters. The molecule has 2 aliphatic rings. The summed E-state index contributed by atoms with van der Waals surface area (Å²) < 4.78 is 1.78. The Kier molecular flexibility index (Phi) is 4.67. The van der Waals surface area contributed by atoms with Gasteiger partial charge >= 0.3 is 0 Å². The van der Waals surface area contributed by atoms with Crippen molar-refractivity contribution in [3.8, 4) is 11.3 Å². The molecule has 1 saturated carbocycles. The molecule has 0 spiro atoms. The van der Waals surface area contributed by atoms with Crippen LogP contribution < -0.4 is 4.90 Å². The van der Waals surface area contributed by atoms with Crippen molar-refractivity contribution in [3.05, 3.63) is 24.7 Å². The van der Waals surface area contributed by atoms with Gasteiger partial charge in [-0.3, -0.25) is 9.58 Å². The molecule has 0 radical (unpaired) electrons. The average Bonchev–Trinajstić information content (AvgIpc) is 3.09. The number of aryl methyl sites for hydroxylation is 1. The lowest BCUT2D eigenvalue weighted by atomic mass is 9.91. The molecule has 3 heterocycles. The van der Waals surface area contributed by atoms with E-state index in [0.717, 1.165) is 62.6 Å². The molecule has 1 aliphatic carbocycles. The van der Waals surface area contributed by atoms with E-state index in [2.05, 4.69) is 19.9 Å². The van der Waals surface area contributed by atoms with Crippen molar-refractivity contribution in [1.29, 1.82) is 0 Å². The lowest BCUT2D eigenvalue weighted by molar-refractivity contribution is 0.0172. The zero-order valence-corrected chi connectivity index (χ0v) is 14.8. The normalized spacial score (nSPS) is 25.3. The van der Waals surface area contributed by atoms with Crippen LogP contribution in [0.3, 0.4) is 0 Å². The van der Waals surface area contributed by atoms with Gasteiger partial charge in [0, 0.05) is 57.2 Å². The van der Waals surface area contributed by atoms with Crippen molar-refractivity contribution in [2.45, 2.75) is 37.8 Å². The second-order valence-electron chi connectivity index (χ2n) is 7.09. The number of piperazine rings is 1. The summed E-state index contributed by atoms with van der Waals surface area (Å²) >= 11 is 0. The molecule has 1 aliphatic heterocycles. The van der Waals surface area contributed by atoms with Crippen molar-refractivity contribution in [3.63, 3.8) is 0 Å². The van der Waals surface area contributed by atoms with Crippen molar-refractivity contribution in [2.24, 2.45) is 7.05 Å². The Bertz CT molecular complexity index is 709. The first-order valence-corrected chi connectivity index (χ1v) is 9.20. The molecule has 1 N–H and O–H groups in total.